The lowest BCUT2D eigenvalue weighted by atomic mass is 10.1. The number of rotatable bonds is 8. The summed E-state index contributed by atoms with van der Waals surface area (Å²) in [6.07, 6.45) is 7.24. The molecule has 6 nitrogen and oxygen atoms in total. The van der Waals surface area contributed by atoms with E-state index in [1.54, 1.807) is 6.26 Å². The van der Waals surface area contributed by atoms with Gasteiger partial charge in [-0.1, -0.05) is 56.0 Å². The largest absolute Gasteiger partial charge is 0.464 e. The van der Waals surface area contributed by atoms with Crippen LogP contribution >= 0.6 is 0 Å². The van der Waals surface area contributed by atoms with Gasteiger partial charge in [0.15, 0.2) is 0 Å². The number of anilines is 1. The van der Waals surface area contributed by atoms with E-state index < -0.39 is 0 Å². The number of hydrogen-bond acceptors (Lipinski definition) is 5. The number of nitrogens with zero attached hydrogens (tertiary/aromatic N) is 1. The maximum atomic E-state index is 12.5. The molecule has 0 bridgehead atoms. The molecule has 0 saturated carbocycles. The number of hydrogen-bond donors (Lipinski definition) is 2. The molecule has 0 aliphatic heterocycles. The second kappa shape index (κ2) is 7.88. The van der Waals surface area contributed by atoms with Crippen LogP contribution in [0.15, 0.2) is 39.5 Å². The molecule has 0 aliphatic rings. The summed E-state index contributed by atoms with van der Waals surface area (Å²) in [4.78, 5) is 12.5. The Morgan fingerprint density at radius 2 is 2.00 bits per heavy atom. The molecule has 1 aromatic carbocycles. The summed E-state index contributed by atoms with van der Waals surface area (Å²) in [5.41, 5.74) is 7.94. The van der Waals surface area contributed by atoms with Crippen molar-refractivity contribution in [3.8, 4) is 11.3 Å². The van der Waals surface area contributed by atoms with Crippen molar-refractivity contribution in [1.82, 2.24) is 10.5 Å². The second-order valence-electron chi connectivity index (χ2n) is 6.09. The maximum absolute atomic E-state index is 12.5. The van der Waals surface area contributed by atoms with Crippen molar-refractivity contribution in [2.75, 3.05) is 12.3 Å². The summed E-state index contributed by atoms with van der Waals surface area (Å²) >= 11 is 0. The fraction of sp³-hybridized carbons (Fsp3) is 0.368. The van der Waals surface area contributed by atoms with Crippen molar-refractivity contribution in [3.63, 3.8) is 0 Å². The van der Waals surface area contributed by atoms with E-state index in [0.717, 1.165) is 23.8 Å². The Hall–Kier alpha value is -2.76. The van der Waals surface area contributed by atoms with Crippen LogP contribution in [-0.2, 0) is 0 Å². The van der Waals surface area contributed by atoms with Gasteiger partial charge in [-0.05, 0) is 12.5 Å². The number of furan rings is 1. The third kappa shape index (κ3) is 3.68. The molecule has 0 aliphatic carbocycles. The van der Waals surface area contributed by atoms with E-state index in [4.69, 9.17) is 14.7 Å². The highest BCUT2D eigenvalue weighted by Gasteiger charge is 2.24. The van der Waals surface area contributed by atoms with Crippen LogP contribution in [0.5, 0.6) is 0 Å². The highest BCUT2D eigenvalue weighted by Crippen LogP contribution is 2.34. The number of carbonyl (C=O) groups excluding carboxylic acids is 1. The normalized spacial score (nSPS) is 11.1. The third-order valence-electron chi connectivity index (χ3n) is 4.25. The van der Waals surface area contributed by atoms with Crippen LogP contribution in [0.2, 0.25) is 0 Å². The molecule has 25 heavy (non-hydrogen) atoms. The number of nitrogen functional groups attached to an aromatic ring is 1. The van der Waals surface area contributed by atoms with Gasteiger partial charge in [0.1, 0.15) is 23.1 Å². The summed E-state index contributed by atoms with van der Waals surface area (Å²) in [6, 6.07) is 7.56. The van der Waals surface area contributed by atoms with Crippen molar-refractivity contribution < 1.29 is 13.7 Å². The van der Waals surface area contributed by atoms with Gasteiger partial charge in [0.05, 0.1) is 5.56 Å². The Labute approximate surface area is 146 Å². The minimum absolute atomic E-state index is 0.0174. The Balaban J connectivity index is 1.74. The minimum Gasteiger partial charge on any atom is -0.464 e. The molecule has 3 rings (SSSR count). The van der Waals surface area contributed by atoms with Crippen LogP contribution in [0.3, 0.4) is 0 Å². The third-order valence-corrected chi connectivity index (χ3v) is 4.25. The lowest BCUT2D eigenvalue weighted by molar-refractivity contribution is 0.0954. The fourth-order valence-corrected chi connectivity index (χ4v) is 2.89. The number of benzene rings is 1. The number of nitrogens with two attached hydrogens (primary N) is 1. The average Bonchev–Trinajstić information content (AvgIpc) is 3.21. The van der Waals surface area contributed by atoms with E-state index in [9.17, 15) is 4.79 Å². The lowest BCUT2D eigenvalue weighted by Gasteiger charge is -2.05. The van der Waals surface area contributed by atoms with E-state index in [1.165, 1.54) is 19.3 Å². The zero-order valence-corrected chi connectivity index (χ0v) is 14.4. The molecule has 2 heterocycles. The Morgan fingerprint density at radius 1 is 1.20 bits per heavy atom. The molecule has 2 aromatic heterocycles. The molecule has 0 radical (unpaired) electrons. The van der Waals surface area contributed by atoms with E-state index in [-0.39, 0.29) is 17.4 Å². The number of amides is 1. The molecular weight excluding hydrogens is 318 g/mol. The van der Waals surface area contributed by atoms with Gasteiger partial charge < -0.3 is 20.0 Å². The lowest BCUT2D eigenvalue weighted by Crippen LogP contribution is -2.25. The van der Waals surface area contributed by atoms with Gasteiger partial charge in [0.25, 0.3) is 5.91 Å². The van der Waals surface area contributed by atoms with Crippen molar-refractivity contribution >= 4 is 22.8 Å². The Kier molecular flexibility index (Phi) is 5.38. The molecule has 3 N–H and O–H groups in total. The molecule has 6 heteroatoms. The van der Waals surface area contributed by atoms with Crippen LogP contribution in [0, 0.1) is 0 Å². The van der Waals surface area contributed by atoms with Crippen LogP contribution in [0.25, 0.3) is 22.2 Å². The van der Waals surface area contributed by atoms with Crippen LogP contribution in [0.1, 0.15) is 49.4 Å². The molecule has 0 spiro atoms. The average molecular weight is 341 g/mol. The molecule has 132 valence electrons. The topological polar surface area (TPSA) is 94.3 Å². The number of para-hydroxylation sites is 1. The molecule has 3 aromatic rings. The zero-order valence-electron chi connectivity index (χ0n) is 14.4. The summed E-state index contributed by atoms with van der Waals surface area (Å²) < 4.78 is 10.6. The first-order valence-electron chi connectivity index (χ1n) is 8.72. The van der Waals surface area contributed by atoms with Gasteiger partial charge in [-0.3, -0.25) is 4.79 Å². The zero-order chi connectivity index (χ0) is 17.6. The monoisotopic (exact) mass is 341 g/mol. The predicted octanol–water partition coefficient (Wildman–Crippen LogP) is 4.37. The fourth-order valence-electron chi connectivity index (χ4n) is 2.89. The number of fused-ring (bicyclic) bond motifs is 1. The first kappa shape index (κ1) is 17.1. The molecular formula is C19H23N3O3. The van der Waals surface area contributed by atoms with Crippen LogP contribution < -0.4 is 11.1 Å². The number of carbonyl (C=O) groups is 1. The first-order chi connectivity index (χ1) is 12.2. The standard InChI is InChI=1S/C19H23N3O3/c1-2-3-4-5-8-11-21-19(23)16-17(22-25-18(16)20)14-12-24-15-10-7-6-9-13(14)15/h6-7,9-10,12H,2-5,8,11,20H2,1H3,(H,21,23). The first-order valence-corrected chi connectivity index (χ1v) is 8.72. The Morgan fingerprint density at radius 3 is 2.84 bits per heavy atom. The van der Waals surface area contributed by atoms with Gasteiger partial charge in [0.2, 0.25) is 5.88 Å². The van der Waals surface area contributed by atoms with Crippen molar-refractivity contribution in [2.24, 2.45) is 0 Å². The minimum atomic E-state index is -0.269. The second-order valence-corrected chi connectivity index (χ2v) is 6.09. The number of aromatic nitrogens is 1. The maximum Gasteiger partial charge on any atom is 0.259 e. The van der Waals surface area contributed by atoms with Gasteiger partial charge in [0, 0.05) is 11.9 Å². The highest BCUT2D eigenvalue weighted by molar-refractivity contribution is 6.06. The van der Waals surface area contributed by atoms with Gasteiger partial charge in [-0.2, -0.15) is 0 Å². The summed E-state index contributed by atoms with van der Waals surface area (Å²) in [6.45, 7) is 2.79. The molecule has 1 amide bonds. The molecule has 0 unspecified atom stereocenters. The van der Waals surface area contributed by atoms with E-state index >= 15 is 0 Å². The quantitative estimate of drug-likeness (QED) is 0.593. The van der Waals surface area contributed by atoms with Gasteiger partial charge in [-0.25, -0.2) is 0 Å². The summed E-state index contributed by atoms with van der Waals surface area (Å²) in [5.74, 6) is -0.252. The molecule has 0 fully saturated rings. The van der Waals surface area contributed by atoms with Crippen molar-refractivity contribution in [2.45, 2.75) is 39.0 Å². The highest BCUT2D eigenvalue weighted by atomic mass is 16.5. The van der Waals surface area contributed by atoms with Crippen molar-refractivity contribution in [1.29, 1.82) is 0 Å². The predicted molar refractivity (Wildman–Crippen MR) is 97.2 cm³/mol. The Bertz CT molecular complexity index is 851. The van der Waals surface area contributed by atoms with Gasteiger partial charge >= 0.3 is 0 Å². The smallest absolute Gasteiger partial charge is 0.259 e. The SMILES string of the molecule is CCCCCCCNC(=O)c1c(-c2coc3ccccc23)noc1N. The van der Waals surface area contributed by atoms with Crippen molar-refractivity contribution in [3.05, 3.63) is 36.1 Å². The molecule has 0 atom stereocenters. The van der Waals surface area contributed by atoms with Crippen LogP contribution in [-0.4, -0.2) is 17.6 Å². The van der Waals surface area contributed by atoms with E-state index in [1.807, 2.05) is 24.3 Å². The van der Waals surface area contributed by atoms with Gasteiger partial charge in [-0.15, -0.1) is 0 Å². The summed E-state index contributed by atoms with van der Waals surface area (Å²) in [5, 5.41) is 7.75. The van der Waals surface area contributed by atoms with E-state index in [2.05, 4.69) is 17.4 Å². The number of nitrogens with one attached hydrogen (secondary N) is 1. The van der Waals surface area contributed by atoms with E-state index in [0.29, 0.717) is 17.8 Å². The number of unbranched alkanes of at least 4 members (excludes halogenated alkanes) is 4. The molecule has 0 saturated heterocycles. The van der Waals surface area contributed by atoms with Crippen LogP contribution in [0.4, 0.5) is 5.88 Å². The summed E-state index contributed by atoms with van der Waals surface area (Å²) in [7, 11) is 0.